The smallest absolute Gasteiger partial charge is 0.303 e. The molecule has 0 saturated heterocycles. The zero-order chi connectivity index (χ0) is 11.4. The van der Waals surface area contributed by atoms with E-state index >= 15 is 0 Å². The van der Waals surface area contributed by atoms with Crippen LogP contribution in [-0.4, -0.2) is 11.1 Å². The van der Waals surface area contributed by atoms with E-state index in [1.54, 1.807) is 6.07 Å². The number of carboxylic acids is 1. The lowest BCUT2D eigenvalue weighted by Gasteiger charge is -2.12. The van der Waals surface area contributed by atoms with Crippen LogP contribution in [0.3, 0.4) is 0 Å². The van der Waals surface area contributed by atoms with Gasteiger partial charge in [-0.2, -0.15) is 0 Å². The zero-order valence-electron chi connectivity index (χ0n) is 7.91. The molecule has 5 heteroatoms. The molecule has 0 aliphatic rings. The summed E-state index contributed by atoms with van der Waals surface area (Å²) < 4.78 is 13.4. The van der Waals surface area contributed by atoms with Crippen molar-refractivity contribution in [3.05, 3.63) is 34.6 Å². The van der Waals surface area contributed by atoms with Gasteiger partial charge in [-0.3, -0.25) is 4.79 Å². The van der Waals surface area contributed by atoms with Crippen LogP contribution in [0.4, 0.5) is 4.39 Å². The zero-order valence-corrected chi connectivity index (χ0v) is 8.67. The van der Waals surface area contributed by atoms with Gasteiger partial charge in [0.25, 0.3) is 0 Å². The standard InChI is InChI=1S/C10H11ClFNO2/c11-7-3-1-2-6(10(7)12)8(13)4-5-9(14)15/h1-3,8H,4-5,13H2,(H,14,15). The molecule has 1 aromatic rings. The van der Waals surface area contributed by atoms with Crippen LogP contribution < -0.4 is 5.73 Å². The van der Waals surface area contributed by atoms with Crippen LogP contribution in [0.5, 0.6) is 0 Å². The average Bonchev–Trinajstić information content (AvgIpc) is 2.18. The van der Waals surface area contributed by atoms with Crippen molar-refractivity contribution >= 4 is 17.6 Å². The summed E-state index contributed by atoms with van der Waals surface area (Å²) in [7, 11) is 0. The van der Waals surface area contributed by atoms with Gasteiger partial charge in [0.1, 0.15) is 5.82 Å². The maximum absolute atomic E-state index is 13.4. The molecule has 1 aromatic carbocycles. The van der Waals surface area contributed by atoms with Crippen molar-refractivity contribution in [1.82, 2.24) is 0 Å². The van der Waals surface area contributed by atoms with Crippen molar-refractivity contribution in [2.45, 2.75) is 18.9 Å². The molecule has 0 saturated carbocycles. The molecule has 0 fully saturated rings. The number of halogens is 2. The van der Waals surface area contributed by atoms with Gasteiger partial charge in [-0.25, -0.2) is 4.39 Å². The van der Waals surface area contributed by atoms with Gasteiger partial charge in [-0.05, 0) is 12.5 Å². The quantitative estimate of drug-likeness (QED) is 0.836. The molecule has 0 bridgehead atoms. The topological polar surface area (TPSA) is 63.3 Å². The Hall–Kier alpha value is -1.13. The fourth-order valence-corrected chi connectivity index (χ4v) is 1.42. The van der Waals surface area contributed by atoms with Gasteiger partial charge in [-0.1, -0.05) is 23.7 Å². The number of rotatable bonds is 4. The van der Waals surface area contributed by atoms with Crippen molar-refractivity contribution < 1.29 is 14.3 Å². The van der Waals surface area contributed by atoms with Crippen LogP contribution in [0.1, 0.15) is 24.4 Å². The van der Waals surface area contributed by atoms with E-state index < -0.39 is 17.8 Å². The summed E-state index contributed by atoms with van der Waals surface area (Å²) in [5, 5.41) is 8.46. The molecule has 0 amide bonds. The van der Waals surface area contributed by atoms with E-state index in [0.29, 0.717) is 0 Å². The van der Waals surface area contributed by atoms with Crippen molar-refractivity contribution in [1.29, 1.82) is 0 Å². The lowest BCUT2D eigenvalue weighted by Crippen LogP contribution is -2.14. The molecular weight excluding hydrogens is 221 g/mol. The second-order valence-corrected chi connectivity index (χ2v) is 3.59. The summed E-state index contributed by atoms with van der Waals surface area (Å²) in [5.41, 5.74) is 5.90. The van der Waals surface area contributed by atoms with Crippen LogP contribution in [0, 0.1) is 5.82 Å². The first kappa shape index (κ1) is 11.9. The van der Waals surface area contributed by atoms with E-state index in [1.807, 2.05) is 0 Å². The summed E-state index contributed by atoms with van der Waals surface area (Å²) in [6, 6.07) is 3.87. The van der Waals surface area contributed by atoms with E-state index in [9.17, 15) is 9.18 Å². The first-order valence-corrected chi connectivity index (χ1v) is 4.81. The van der Waals surface area contributed by atoms with Crippen LogP contribution in [0.15, 0.2) is 18.2 Å². The minimum absolute atomic E-state index is 0.00160. The fraction of sp³-hybridized carbons (Fsp3) is 0.300. The average molecular weight is 232 g/mol. The lowest BCUT2D eigenvalue weighted by molar-refractivity contribution is -0.137. The molecule has 0 radical (unpaired) electrons. The molecule has 0 spiro atoms. The maximum Gasteiger partial charge on any atom is 0.303 e. The number of hydrogen-bond donors (Lipinski definition) is 2. The Morgan fingerprint density at radius 3 is 2.87 bits per heavy atom. The molecule has 0 aromatic heterocycles. The monoisotopic (exact) mass is 231 g/mol. The van der Waals surface area contributed by atoms with Crippen LogP contribution >= 0.6 is 11.6 Å². The molecule has 1 atom stereocenters. The Morgan fingerprint density at radius 1 is 1.60 bits per heavy atom. The van der Waals surface area contributed by atoms with E-state index in [1.165, 1.54) is 12.1 Å². The summed E-state index contributed by atoms with van der Waals surface area (Å²) >= 11 is 5.57. The molecule has 1 rings (SSSR count). The highest BCUT2D eigenvalue weighted by Gasteiger charge is 2.14. The Labute approximate surface area is 91.7 Å². The normalized spacial score (nSPS) is 12.5. The highest BCUT2D eigenvalue weighted by Crippen LogP contribution is 2.24. The van der Waals surface area contributed by atoms with Gasteiger partial charge in [-0.15, -0.1) is 0 Å². The van der Waals surface area contributed by atoms with Gasteiger partial charge >= 0.3 is 5.97 Å². The number of benzene rings is 1. The summed E-state index contributed by atoms with van der Waals surface area (Å²) in [6.45, 7) is 0. The molecule has 3 N–H and O–H groups in total. The van der Waals surface area contributed by atoms with Crippen LogP contribution in [-0.2, 0) is 4.79 Å². The van der Waals surface area contributed by atoms with Gasteiger partial charge in [0, 0.05) is 18.0 Å². The highest BCUT2D eigenvalue weighted by molar-refractivity contribution is 6.30. The van der Waals surface area contributed by atoms with Gasteiger partial charge in [0.2, 0.25) is 0 Å². The number of carboxylic acid groups (broad SMARTS) is 1. The van der Waals surface area contributed by atoms with Gasteiger partial charge in [0.05, 0.1) is 5.02 Å². The molecular formula is C10H11ClFNO2. The summed E-state index contributed by atoms with van der Waals surface area (Å²) in [5.74, 6) is -1.52. The number of carbonyl (C=O) groups is 1. The summed E-state index contributed by atoms with van der Waals surface area (Å²) in [6.07, 6.45) is 0.0969. The Morgan fingerprint density at radius 2 is 2.27 bits per heavy atom. The fourth-order valence-electron chi connectivity index (χ4n) is 1.24. The minimum Gasteiger partial charge on any atom is -0.481 e. The number of nitrogens with two attached hydrogens (primary N) is 1. The van der Waals surface area contributed by atoms with Crippen molar-refractivity contribution in [2.75, 3.05) is 0 Å². The van der Waals surface area contributed by atoms with E-state index in [2.05, 4.69) is 0 Å². The van der Waals surface area contributed by atoms with E-state index in [4.69, 9.17) is 22.4 Å². The largest absolute Gasteiger partial charge is 0.481 e. The third-order valence-corrected chi connectivity index (χ3v) is 2.34. The SMILES string of the molecule is NC(CCC(=O)O)c1cccc(Cl)c1F. The van der Waals surface area contributed by atoms with E-state index in [0.717, 1.165) is 0 Å². The minimum atomic E-state index is -0.951. The van der Waals surface area contributed by atoms with Crippen molar-refractivity contribution in [2.24, 2.45) is 5.73 Å². The predicted molar refractivity (Wildman–Crippen MR) is 55.2 cm³/mol. The first-order chi connectivity index (χ1) is 7.02. The van der Waals surface area contributed by atoms with Gasteiger partial charge < -0.3 is 10.8 Å². The van der Waals surface area contributed by atoms with Gasteiger partial charge in [0.15, 0.2) is 0 Å². The van der Waals surface area contributed by atoms with Crippen molar-refractivity contribution in [3.63, 3.8) is 0 Å². The maximum atomic E-state index is 13.4. The van der Waals surface area contributed by atoms with Crippen LogP contribution in [0.25, 0.3) is 0 Å². The van der Waals surface area contributed by atoms with Crippen LogP contribution in [0.2, 0.25) is 5.02 Å². The third kappa shape index (κ3) is 3.18. The second kappa shape index (κ2) is 5.09. The Kier molecular flexibility index (Phi) is 4.05. The third-order valence-electron chi connectivity index (χ3n) is 2.05. The Bertz CT molecular complexity index is 370. The highest BCUT2D eigenvalue weighted by atomic mass is 35.5. The number of aliphatic carboxylic acids is 1. The summed E-state index contributed by atoms with van der Waals surface area (Å²) in [4.78, 5) is 10.3. The molecule has 15 heavy (non-hydrogen) atoms. The van der Waals surface area contributed by atoms with Crippen molar-refractivity contribution in [3.8, 4) is 0 Å². The molecule has 1 unspecified atom stereocenters. The Balaban J connectivity index is 2.77. The molecule has 82 valence electrons. The molecule has 0 heterocycles. The molecule has 3 nitrogen and oxygen atoms in total. The molecule has 0 aliphatic carbocycles. The number of hydrogen-bond acceptors (Lipinski definition) is 2. The lowest BCUT2D eigenvalue weighted by atomic mass is 10.0. The molecule has 0 aliphatic heterocycles. The second-order valence-electron chi connectivity index (χ2n) is 3.18. The first-order valence-electron chi connectivity index (χ1n) is 4.43. The van der Waals surface area contributed by atoms with E-state index in [-0.39, 0.29) is 23.4 Å². The predicted octanol–water partition coefficient (Wildman–Crippen LogP) is 2.34.